The lowest BCUT2D eigenvalue weighted by atomic mass is 9.97. The minimum atomic E-state index is 0.446. The molecule has 0 spiro atoms. The Morgan fingerprint density at radius 2 is 1.91 bits per heavy atom. The maximum Gasteiger partial charge on any atom is 0.119 e. The second kappa shape index (κ2) is 6.67. The van der Waals surface area contributed by atoms with Crippen LogP contribution in [0.2, 0.25) is 0 Å². The van der Waals surface area contributed by atoms with Gasteiger partial charge >= 0.3 is 0 Å². The molecule has 1 atom stereocenters. The predicted molar refractivity (Wildman–Crippen MR) is 89.3 cm³/mol. The van der Waals surface area contributed by atoms with Crippen LogP contribution in [-0.4, -0.2) is 13.7 Å². The van der Waals surface area contributed by atoms with Crippen LogP contribution in [0.4, 0.5) is 0 Å². The van der Waals surface area contributed by atoms with E-state index in [1.54, 1.807) is 13.4 Å². The van der Waals surface area contributed by atoms with Crippen LogP contribution in [0.3, 0.4) is 0 Å². The molecule has 0 bridgehead atoms. The number of methoxy groups -OCH3 is 1. The monoisotopic (exact) mass is 295 g/mol. The standard InChI is InChI=1S/C19H21NO2/c1-14(12-20-13-19-4-3-9-22-19)15-5-6-17-11-18(21-2)8-7-16(17)10-15/h3-11,14,20H,12-13H2,1-2H3. The van der Waals surface area contributed by atoms with E-state index in [2.05, 4.69) is 42.6 Å². The fourth-order valence-electron chi connectivity index (χ4n) is 2.62. The third-order valence-electron chi connectivity index (χ3n) is 3.97. The first-order valence-corrected chi connectivity index (χ1v) is 7.57. The molecular weight excluding hydrogens is 274 g/mol. The number of rotatable bonds is 6. The molecule has 22 heavy (non-hydrogen) atoms. The molecule has 3 aromatic rings. The Morgan fingerprint density at radius 1 is 1.09 bits per heavy atom. The van der Waals surface area contributed by atoms with Gasteiger partial charge in [0.25, 0.3) is 0 Å². The van der Waals surface area contributed by atoms with E-state index in [1.165, 1.54) is 16.3 Å². The number of nitrogens with one attached hydrogen (secondary N) is 1. The quantitative estimate of drug-likeness (QED) is 0.735. The second-order valence-corrected chi connectivity index (χ2v) is 5.58. The van der Waals surface area contributed by atoms with Crippen LogP contribution in [-0.2, 0) is 6.54 Å². The van der Waals surface area contributed by atoms with Crippen molar-refractivity contribution in [2.45, 2.75) is 19.4 Å². The number of benzene rings is 2. The molecular formula is C19H21NO2. The van der Waals surface area contributed by atoms with Crippen LogP contribution < -0.4 is 10.1 Å². The molecule has 3 rings (SSSR count). The summed E-state index contributed by atoms with van der Waals surface area (Å²) >= 11 is 0. The Hall–Kier alpha value is -2.26. The molecule has 0 aliphatic heterocycles. The summed E-state index contributed by atoms with van der Waals surface area (Å²) in [5.41, 5.74) is 1.34. The van der Waals surface area contributed by atoms with E-state index < -0.39 is 0 Å². The molecule has 0 aliphatic rings. The maximum absolute atomic E-state index is 5.33. The lowest BCUT2D eigenvalue weighted by molar-refractivity contribution is 0.415. The van der Waals surface area contributed by atoms with Gasteiger partial charge in [-0.1, -0.05) is 31.2 Å². The molecule has 114 valence electrons. The molecule has 0 saturated heterocycles. The lowest BCUT2D eigenvalue weighted by Crippen LogP contribution is -2.19. The first-order valence-electron chi connectivity index (χ1n) is 7.57. The molecule has 1 unspecified atom stereocenters. The van der Waals surface area contributed by atoms with E-state index in [0.29, 0.717) is 5.92 Å². The average molecular weight is 295 g/mol. The minimum absolute atomic E-state index is 0.446. The number of fused-ring (bicyclic) bond motifs is 1. The Balaban J connectivity index is 1.66. The zero-order chi connectivity index (χ0) is 15.4. The van der Waals surface area contributed by atoms with Crippen LogP contribution in [0, 0.1) is 0 Å². The van der Waals surface area contributed by atoms with E-state index in [-0.39, 0.29) is 0 Å². The summed E-state index contributed by atoms with van der Waals surface area (Å²) in [7, 11) is 1.70. The Morgan fingerprint density at radius 3 is 2.68 bits per heavy atom. The Kier molecular flexibility index (Phi) is 4.45. The number of ether oxygens (including phenoxy) is 1. The van der Waals surface area contributed by atoms with Crippen molar-refractivity contribution < 1.29 is 9.15 Å². The summed E-state index contributed by atoms with van der Waals surface area (Å²) in [6.45, 7) is 3.92. The van der Waals surface area contributed by atoms with E-state index in [1.807, 2.05) is 18.2 Å². The normalized spacial score (nSPS) is 12.5. The van der Waals surface area contributed by atoms with Gasteiger partial charge in [0.15, 0.2) is 0 Å². The molecule has 0 amide bonds. The van der Waals surface area contributed by atoms with Crippen LogP contribution in [0.1, 0.15) is 24.2 Å². The molecule has 1 N–H and O–H groups in total. The van der Waals surface area contributed by atoms with E-state index in [4.69, 9.17) is 9.15 Å². The summed E-state index contributed by atoms with van der Waals surface area (Å²) < 4.78 is 10.6. The van der Waals surface area contributed by atoms with Crippen molar-refractivity contribution in [3.63, 3.8) is 0 Å². The smallest absolute Gasteiger partial charge is 0.119 e. The van der Waals surface area contributed by atoms with Gasteiger partial charge in [-0.15, -0.1) is 0 Å². The molecule has 2 aromatic carbocycles. The highest BCUT2D eigenvalue weighted by Gasteiger charge is 2.07. The van der Waals surface area contributed by atoms with Crippen molar-refractivity contribution in [2.75, 3.05) is 13.7 Å². The van der Waals surface area contributed by atoms with Crippen LogP contribution in [0.5, 0.6) is 5.75 Å². The summed E-state index contributed by atoms with van der Waals surface area (Å²) in [6.07, 6.45) is 1.71. The van der Waals surface area contributed by atoms with E-state index in [0.717, 1.165) is 24.6 Å². The number of furan rings is 1. The molecule has 0 fully saturated rings. The van der Waals surface area contributed by atoms with Gasteiger partial charge in [-0.3, -0.25) is 0 Å². The highest BCUT2D eigenvalue weighted by molar-refractivity contribution is 5.84. The van der Waals surface area contributed by atoms with Crippen molar-refractivity contribution in [1.82, 2.24) is 5.32 Å². The van der Waals surface area contributed by atoms with E-state index in [9.17, 15) is 0 Å². The van der Waals surface area contributed by atoms with Gasteiger partial charge < -0.3 is 14.5 Å². The Bertz CT molecular complexity index is 734. The van der Waals surface area contributed by atoms with Gasteiger partial charge in [0.05, 0.1) is 19.9 Å². The molecule has 1 heterocycles. The van der Waals surface area contributed by atoms with Gasteiger partial charge in [0, 0.05) is 6.54 Å². The minimum Gasteiger partial charge on any atom is -0.497 e. The second-order valence-electron chi connectivity index (χ2n) is 5.58. The summed E-state index contributed by atoms with van der Waals surface area (Å²) in [6, 6.07) is 16.7. The highest BCUT2D eigenvalue weighted by atomic mass is 16.5. The third kappa shape index (κ3) is 3.31. The first-order chi connectivity index (χ1) is 10.8. The van der Waals surface area contributed by atoms with Crippen molar-refractivity contribution in [3.05, 3.63) is 66.1 Å². The first kappa shape index (κ1) is 14.7. The lowest BCUT2D eigenvalue weighted by Gasteiger charge is -2.14. The molecule has 1 aromatic heterocycles. The fraction of sp³-hybridized carbons (Fsp3) is 0.263. The topological polar surface area (TPSA) is 34.4 Å². The van der Waals surface area contributed by atoms with Gasteiger partial charge in [0.1, 0.15) is 11.5 Å². The van der Waals surface area contributed by atoms with Crippen LogP contribution in [0.25, 0.3) is 10.8 Å². The molecule has 0 saturated carbocycles. The number of hydrogen-bond acceptors (Lipinski definition) is 3. The molecule has 3 nitrogen and oxygen atoms in total. The molecule has 3 heteroatoms. The van der Waals surface area contributed by atoms with Crippen LogP contribution in [0.15, 0.2) is 59.2 Å². The largest absolute Gasteiger partial charge is 0.497 e. The number of hydrogen-bond donors (Lipinski definition) is 1. The van der Waals surface area contributed by atoms with Crippen molar-refractivity contribution in [3.8, 4) is 5.75 Å². The summed E-state index contributed by atoms with van der Waals surface area (Å²) in [5.74, 6) is 2.31. The third-order valence-corrected chi connectivity index (χ3v) is 3.97. The van der Waals surface area contributed by atoms with Gasteiger partial charge in [-0.05, 0) is 46.5 Å². The van der Waals surface area contributed by atoms with E-state index >= 15 is 0 Å². The predicted octanol–water partition coefficient (Wildman–Crippen LogP) is 4.33. The fourth-order valence-corrected chi connectivity index (χ4v) is 2.62. The summed E-state index contributed by atoms with van der Waals surface area (Å²) in [5, 5.41) is 5.89. The average Bonchev–Trinajstić information content (AvgIpc) is 3.07. The van der Waals surface area contributed by atoms with Crippen molar-refractivity contribution in [2.24, 2.45) is 0 Å². The zero-order valence-electron chi connectivity index (χ0n) is 13.0. The van der Waals surface area contributed by atoms with Gasteiger partial charge in [-0.2, -0.15) is 0 Å². The zero-order valence-corrected chi connectivity index (χ0v) is 13.0. The van der Waals surface area contributed by atoms with Crippen molar-refractivity contribution in [1.29, 1.82) is 0 Å². The van der Waals surface area contributed by atoms with Gasteiger partial charge in [0.2, 0.25) is 0 Å². The van der Waals surface area contributed by atoms with Crippen LogP contribution >= 0.6 is 0 Å². The maximum atomic E-state index is 5.33. The highest BCUT2D eigenvalue weighted by Crippen LogP contribution is 2.24. The van der Waals surface area contributed by atoms with Crippen molar-refractivity contribution >= 4 is 10.8 Å². The van der Waals surface area contributed by atoms with Gasteiger partial charge in [-0.25, -0.2) is 0 Å². The molecule has 0 radical (unpaired) electrons. The SMILES string of the molecule is COc1ccc2cc(C(C)CNCc3ccco3)ccc2c1. The Labute approximate surface area is 130 Å². The summed E-state index contributed by atoms with van der Waals surface area (Å²) in [4.78, 5) is 0. The molecule has 0 aliphatic carbocycles.